The molecule has 0 aliphatic rings. The number of ether oxygens (including phenoxy) is 1. The molecule has 0 radical (unpaired) electrons. The minimum absolute atomic E-state index is 0.141. The Labute approximate surface area is 177 Å². The van der Waals surface area contributed by atoms with Gasteiger partial charge in [-0.05, 0) is 55.3 Å². The van der Waals surface area contributed by atoms with Crippen LogP contribution in [-0.2, 0) is 21.2 Å². The fourth-order valence-electron chi connectivity index (χ4n) is 2.78. The summed E-state index contributed by atoms with van der Waals surface area (Å²) in [4.78, 5) is 12.4. The van der Waals surface area contributed by atoms with Crippen molar-refractivity contribution in [3.63, 3.8) is 0 Å². The van der Waals surface area contributed by atoms with Gasteiger partial charge in [0.2, 0.25) is 10.0 Å². The van der Waals surface area contributed by atoms with Crippen molar-refractivity contribution in [1.29, 1.82) is 0 Å². The highest BCUT2D eigenvalue weighted by atomic mass is 32.2. The molecule has 0 heterocycles. The van der Waals surface area contributed by atoms with E-state index in [9.17, 15) is 13.2 Å². The summed E-state index contributed by atoms with van der Waals surface area (Å²) in [5.41, 5.74) is 1.55. The molecule has 2 N–H and O–H groups in total. The Hall–Kier alpha value is -3.16. The Morgan fingerprint density at radius 3 is 2.13 bits per heavy atom. The van der Waals surface area contributed by atoms with Crippen LogP contribution in [0.25, 0.3) is 0 Å². The zero-order valence-electron chi connectivity index (χ0n) is 16.6. The highest BCUT2D eigenvalue weighted by molar-refractivity contribution is 7.89. The van der Waals surface area contributed by atoms with Crippen LogP contribution in [-0.4, -0.2) is 27.0 Å². The second-order valence-electron chi connectivity index (χ2n) is 6.72. The third-order valence-electron chi connectivity index (χ3n) is 4.41. The molecule has 3 rings (SSSR count). The van der Waals surface area contributed by atoms with Crippen LogP contribution < -0.4 is 14.8 Å². The number of para-hydroxylation sites is 1. The van der Waals surface area contributed by atoms with Crippen LogP contribution in [0.3, 0.4) is 0 Å². The maximum atomic E-state index is 12.4. The van der Waals surface area contributed by atoms with Crippen LogP contribution in [0.1, 0.15) is 12.5 Å². The number of benzene rings is 3. The molecule has 6 nitrogen and oxygen atoms in total. The Morgan fingerprint density at radius 1 is 0.900 bits per heavy atom. The maximum Gasteiger partial charge on any atom is 0.265 e. The first-order valence-corrected chi connectivity index (χ1v) is 11.1. The number of nitrogens with one attached hydrogen (secondary N) is 2. The molecule has 3 aromatic carbocycles. The molecule has 0 aliphatic heterocycles. The minimum atomic E-state index is -3.62. The molecule has 0 spiro atoms. The Bertz CT molecular complexity index is 1050. The number of rotatable bonds is 9. The molecule has 0 aliphatic carbocycles. The lowest BCUT2D eigenvalue weighted by molar-refractivity contribution is -0.122. The SMILES string of the molecule is CC(Oc1ccccc1)C(=O)Nc1ccc(S(=O)(=O)NCCc2ccccc2)cc1. The van der Waals surface area contributed by atoms with Gasteiger partial charge in [0.25, 0.3) is 5.91 Å². The van der Waals surface area contributed by atoms with Crippen molar-refractivity contribution in [1.82, 2.24) is 4.72 Å². The van der Waals surface area contributed by atoms with E-state index in [2.05, 4.69) is 10.0 Å². The third kappa shape index (κ3) is 6.17. The van der Waals surface area contributed by atoms with Gasteiger partial charge in [-0.2, -0.15) is 0 Å². The van der Waals surface area contributed by atoms with Crippen molar-refractivity contribution in [2.24, 2.45) is 0 Å². The fourth-order valence-corrected chi connectivity index (χ4v) is 3.81. The predicted octanol–water partition coefficient (Wildman–Crippen LogP) is 3.61. The molecule has 1 atom stereocenters. The lowest BCUT2D eigenvalue weighted by Gasteiger charge is -2.15. The van der Waals surface area contributed by atoms with Crippen molar-refractivity contribution in [2.45, 2.75) is 24.3 Å². The number of amides is 1. The van der Waals surface area contributed by atoms with Gasteiger partial charge in [-0.15, -0.1) is 0 Å². The molecular formula is C23H24N2O4S. The van der Waals surface area contributed by atoms with Gasteiger partial charge in [0.05, 0.1) is 4.90 Å². The lowest BCUT2D eigenvalue weighted by atomic mass is 10.2. The standard InChI is InChI=1S/C23H24N2O4S/c1-18(29-21-10-6-3-7-11-21)23(26)25-20-12-14-22(15-13-20)30(27,28)24-17-16-19-8-4-2-5-9-19/h2-15,18,24H,16-17H2,1H3,(H,25,26). The first-order valence-electron chi connectivity index (χ1n) is 9.60. The van der Waals surface area contributed by atoms with Gasteiger partial charge in [-0.25, -0.2) is 13.1 Å². The maximum absolute atomic E-state index is 12.4. The Balaban J connectivity index is 1.53. The Morgan fingerprint density at radius 2 is 1.50 bits per heavy atom. The van der Waals surface area contributed by atoms with Crippen molar-refractivity contribution in [2.75, 3.05) is 11.9 Å². The molecule has 30 heavy (non-hydrogen) atoms. The van der Waals surface area contributed by atoms with E-state index < -0.39 is 16.1 Å². The average Bonchev–Trinajstić information content (AvgIpc) is 2.75. The summed E-state index contributed by atoms with van der Waals surface area (Å²) < 4.78 is 33.1. The van der Waals surface area contributed by atoms with E-state index in [1.54, 1.807) is 31.2 Å². The molecular weight excluding hydrogens is 400 g/mol. The summed E-state index contributed by atoms with van der Waals surface area (Å²) in [6, 6.07) is 24.8. The normalized spacial score (nSPS) is 12.2. The van der Waals surface area contributed by atoms with E-state index in [1.165, 1.54) is 12.1 Å². The van der Waals surface area contributed by atoms with Crippen LogP contribution in [0.5, 0.6) is 5.75 Å². The first kappa shape index (κ1) is 21.5. The zero-order valence-corrected chi connectivity index (χ0v) is 17.4. The first-order chi connectivity index (χ1) is 14.4. The van der Waals surface area contributed by atoms with Crippen molar-refractivity contribution >= 4 is 21.6 Å². The molecule has 156 valence electrons. The fraction of sp³-hybridized carbons (Fsp3) is 0.174. The van der Waals surface area contributed by atoms with Crippen molar-refractivity contribution < 1.29 is 17.9 Å². The van der Waals surface area contributed by atoms with Gasteiger partial charge in [0, 0.05) is 12.2 Å². The number of hydrogen-bond acceptors (Lipinski definition) is 4. The summed E-state index contributed by atoms with van der Waals surface area (Å²) >= 11 is 0. The monoisotopic (exact) mass is 424 g/mol. The molecule has 0 saturated heterocycles. The molecule has 3 aromatic rings. The zero-order chi connectivity index (χ0) is 21.4. The highest BCUT2D eigenvalue weighted by Gasteiger charge is 2.16. The summed E-state index contributed by atoms with van der Waals surface area (Å²) in [5, 5.41) is 2.73. The average molecular weight is 425 g/mol. The summed E-state index contributed by atoms with van der Waals surface area (Å²) in [6.07, 6.45) is -0.0940. The Kier molecular flexibility index (Phi) is 7.21. The number of anilines is 1. The quantitative estimate of drug-likeness (QED) is 0.550. The molecule has 7 heteroatoms. The van der Waals surface area contributed by atoms with E-state index in [4.69, 9.17) is 4.74 Å². The summed E-state index contributed by atoms with van der Waals surface area (Å²) in [6.45, 7) is 1.96. The smallest absolute Gasteiger partial charge is 0.265 e. The van der Waals surface area contributed by atoms with E-state index in [1.807, 2.05) is 48.5 Å². The topological polar surface area (TPSA) is 84.5 Å². The van der Waals surface area contributed by atoms with Crippen molar-refractivity contribution in [3.05, 3.63) is 90.5 Å². The van der Waals surface area contributed by atoms with E-state index in [0.29, 0.717) is 24.4 Å². The van der Waals surface area contributed by atoms with Crippen LogP contribution >= 0.6 is 0 Å². The number of sulfonamides is 1. The summed E-state index contributed by atoms with van der Waals surface area (Å²) in [5.74, 6) is 0.276. The van der Waals surface area contributed by atoms with Gasteiger partial charge < -0.3 is 10.1 Å². The van der Waals surface area contributed by atoms with Gasteiger partial charge in [-0.1, -0.05) is 48.5 Å². The number of carbonyl (C=O) groups is 1. The van der Waals surface area contributed by atoms with Crippen LogP contribution in [0.2, 0.25) is 0 Å². The summed E-state index contributed by atoms with van der Waals surface area (Å²) in [7, 11) is -3.62. The lowest BCUT2D eigenvalue weighted by Crippen LogP contribution is -2.30. The van der Waals surface area contributed by atoms with Gasteiger partial charge in [0.15, 0.2) is 6.10 Å². The van der Waals surface area contributed by atoms with E-state index in [-0.39, 0.29) is 10.8 Å². The van der Waals surface area contributed by atoms with Crippen LogP contribution in [0, 0.1) is 0 Å². The molecule has 0 aromatic heterocycles. The molecule has 0 bridgehead atoms. The molecule has 1 unspecified atom stereocenters. The minimum Gasteiger partial charge on any atom is -0.481 e. The van der Waals surface area contributed by atoms with Gasteiger partial charge >= 0.3 is 0 Å². The van der Waals surface area contributed by atoms with Crippen LogP contribution in [0.4, 0.5) is 5.69 Å². The molecule has 1 amide bonds. The number of carbonyl (C=O) groups excluding carboxylic acids is 1. The third-order valence-corrected chi connectivity index (χ3v) is 5.88. The molecule has 0 fully saturated rings. The van der Waals surface area contributed by atoms with Gasteiger partial charge in [-0.3, -0.25) is 4.79 Å². The van der Waals surface area contributed by atoms with E-state index in [0.717, 1.165) is 5.56 Å². The highest BCUT2D eigenvalue weighted by Crippen LogP contribution is 2.16. The van der Waals surface area contributed by atoms with E-state index >= 15 is 0 Å². The van der Waals surface area contributed by atoms with Crippen LogP contribution in [0.15, 0.2) is 89.8 Å². The largest absolute Gasteiger partial charge is 0.481 e. The van der Waals surface area contributed by atoms with Gasteiger partial charge in [0.1, 0.15) is 5.75 Å². The van der Waals surface area contributed by atoms with Crippen molar-refractivity contribution in [3.8, 4) is 5.75 Å². The number of hydrogen-bond donors (Lipinski definition) is 2. The predicted molar refractivity (Wildman–Crippen MR) is 117 cm³/mol. The second kappa shape index (κ2) is 10.0. The molecule has 0 saturated carbocycles. The second-order valence-corrected chi connectivity index (χ2v) is 8.49.